The molecule has 1 aromatic carbocycles. The highest BCUT2D eigenvalue weighted by atomic mass is 16.5. The number of phenols is 1. The maximum Gasteiger partial charge on any atom is 0.153 e. The molecule has 0 heterocycles. The Bertz CT molecular complexity index is 358. The van der Waals surface area contributed by atoms with E-state index in [-0.39, 0.29) is 17.9 Å². The molecule has 0 saturated heterocycles. The molecule has 0 amide bonds. The van der Waals surface area contributed by atoms with Gasteiger partial charge in [0.25, 0.3) is 0 Å². The maximum atomic E-state index is 10.6. The van der Waals surface area contributed by atoms with E-state index in [1.54, 1.807) is 6.92 Å². The van der Waals surface area contributed by atoms with Gasteiger partial charge >= 0.3 is 0 Å². The van der Waals surface area contributed by atoms with Crippen LogP contribution in [0.25, 0.3) is 0 Å². The number of carbonyl (C=O) groups is 1. The number of aldehydes is 1. The van der Waals surface area contributed by atoms with E-state index >= 15 is 0 Å². The molecule has 0 atom stereocenters. The van der Waals surface area contributed by atoms with Gasteiger partial charge in [0.2, 0.25) is 0 Å². The van der Waals surface area contributed by atoms with Gasteiger partial charge in [-0.2, -0.15) is 0 Å². The van der Waals surface area contributed by atoms with Crippen molar-refractivity contribution in [2.75, 3.05) is 7.11 Å². The summed E-state index contributed by atoms with van der Waals surface area (Å²) in [6.07, 6.45) is 0.524. The predicted molar refractivity (Wildman–Crippen MR) is 50.7 cm³/mol. The topological polar surface area (TPSA) is 66.8 Å². The molecule has 4 heteroatoms. The molecule has 0 bridgehead atoms. The lowest BCUT2D eigenvalue weighted by Crippen LogP contribution is -1.98. The standard InChI is InChI=1S/C10H12O4/c1-6-8(5-12)10(13)7(4-11)3-9(6)14-2/h3-4,12-13H,5H2,1-2H3. The first kappa shape index (κ1) is 10.5. The van der Waals surface area contributed by atoms with Crippen LogP contribution in [0.15, 0.2) is 6.07 Å². The molecule has 0 aliphatic rings. The summed E-state index contributed by atoms with van der Waals surface area (Å²) in [7, 11) is 1.47. The largest absolute Gasteiger partial charge is 0.507 e. The Morgan fingerprint density at radius 2 is 2.21 bits per heavy atom. The van der Waals surface area contributed by atoms with Crippen LogP contribution in [0, 0.1) is 6.92 Å². The highest BCUT2D eigenvalue weighted by Gasteiger charge is 2.13. The number of rotatable bonds is 3. The third-order valence-electron chi connectivity index (χ3n) is 2.17. The highest BCUT2D eigenvalue weighted by Crippen LogP contribution is 2.32. The van der Waals surface area contributed by atoms with Crippen molar-refractivity contribution in [2.24, 2.45) is 0 Å². The van der Waals surface area contributed by atoms with Crippen LogP contribution in [0.4, 0.5) is 0 Å². The Kier molecular flexibility index (Phi) is 3.09. The van der Waals surface area contributed by atoms with E-state index in [1.807, 2.05) is 0 Å². The van der Waals surface area contributed by atoms with Crippen molar-refractivity contribution in [1.29, 1.82) is 0 Å². The van der Waals surface area contributed by atoms with Gasteiger partial charge < -0.3 is 14.9 Å². The lowest BCUT2D eigenvalue weighted by Gasteiger charge is -2.12. The SMILES string of the molecule is COc1cc(C=O)c(O)c(CO)c1C. The molecule has 0 aliphatic carbocycles. The van der Waals surface area contributed by atoms with Crippen LogP contribution in [0.5, 0.6) is 11.5 Å². The summed E-state index contributed by atoms with van der Waals surface area (Å²) in [6, 6.07) is 1.44. The molecule has 0 aromatic heterocycles. The van der Waals surface area contributed by atoms with Crippen molar-refractivity contribution in [1.82, 2.24) is 0 Å². The van der Waals surface area contributed by atoms with Crippen molar-refractivity contribution in [3.05, 3.63) is 22.8 Å². The summed E-state index contributed by atoms with van der Waals surface area (Å²) in [5, 5.41) is 18.6. The van der Waals surface area contributed by atoms with Crippen LogP contribution in [-0.2, 0) is 6.61 Å². The number of ether oxygens (including phenoxy) is 1. The van der Waals surface area contributed by atoms with Gasteiger partial charge in [-0.25, -0.2) is 0 Å². The average molecular weight is 196 g/mol. The molecular weight excluding hydrogens is 184 g/mol. The summed E-state index contributed by atoms with van der Waals surface area (Å²) in [5.74, 6) is 0.301. The van der Waals surface area contributed by atoms with Gasteiger partial charge in [0.05, 0.1) is 19.3 Å². The first-order valence-electron chi connectivity index (χ1n) is 4.11. The molecule has 0 aliphatic heterocycles. The van der Waals surface area contributed by atoms with Crippen molar-refractivity contribution in [3.8, 4) is 11.5 Å². The zero-order chi connectivity index (χ0) is 10.7. The van der Waals surface area contributed by atoms with Crippen LogP contribution >= 0.6 is 0 Å². The van der Waals surface area contributed by atoms with Crippen molar-refractivity contribution in [2.45, 2.75) is 13.5 Å². The molecule has 2 N–H and O–H groups in total. The zero-order valence-electron chi connectivity index (χ0n) is 8.07. The minimum absolute atomic E-state index is 0.122. The Morgan fingerprint density at radius 1 is 1.57 bits per heavy atom. The summed E-state index contributed by atoms with van der Waals surface area (Å²) < 4.78 is 5.00. The number of aliphatic hydroxyl groups is 1. The maximum absolute atomic E-state index is 10.6. The normalized spacial score (nSPS) is 9.93. The number of aromatic hydroxyl groups is 1. The van der Waals surface area contributed by atoms with Gasteiger partial charge in [0, 0.05) is 11.1 Å². The lowest BCUT2D eigenvalue weighted by molar-refractivity contribution is 0.112. The molecule has 0 unspecified atom stereocenters. The smallest absolute Gasteiger partial charge is 0.153 e. The summed E-state index contributed by atoms with van der Waals surface area (Å²) in [4.78, 5) is 10.6. The molecule has 4 nitrogen and oxygen atoms in total. The van der Waals surface area contributed by atoms with Crippen LogP contribution in [0.1, 0.15) is 21.5 Å². The van der Waals surface area contributed by atoms with Gasteiger partial charge in [0.15, 0.2) is 6.29 Å². The molecule has 14 heavy (non-hydrogen) atoms. The van der Waals surface area contributed by atoms with Crippen LogP contribution in [0.2, 0.25) is 0 Å². The quantitative estimate of drug-likeness (QED) is 0.708. The molecule has 76 valence electrons. The second-order valence-corrected chi connectivity index (χ2v) is 2.90. The Hall–Kier alpha value is -1.55. The summed E-state index contributed by atoms with van der Waals surface area (Å²) in [5.41, 5.74) is 1.08. The van der Waals surface area contributed by atoms with E-state index in [0.29, 0.717) is 23.2 Å². The van der Waals surface area contributed by atoms with E-state index in [9.17, 15) is 9.90 Å². The third-order valence-corrected chi connectivity index (χ3v) is 2.17. The molecule has 0 saturated carbocycles. The fourth-order valence-electron chi connectivity index (χ4n) is 1.31. The van der Waals surface area contributed by atoms with E-state index in [1.165, 1.54) is 13.2 Å². The van der Waals surface area contributed by atoms with Crippen molar-refractivity contribution < 1.29 is 19.7 Å². The van der Waals surface area contributed by atoms with Gasteiger partial charge in [-0.05, 0) is 13.0 Å². The minimum Gasteiger partial charge on any atom is -0.507 e. The fraction of sp³-hybridized carbons (Fsp3) is 0.300. The number of aliphatic hydroxyl groups excluding tert-OH is 1. The molecule has 1 rings (SSSR count). The predicted octanol–water partition coefficient (Wildman–Crippen LogP) is 1.01. The second kappa shape index (κ2) is 4.11. The van der Waals surface area contributed by atoms with Gasteiger partial charge in [0.1, 0.15) is 11.5 Å². The molecule has 1 aromatic rings. The van der Waals surface area contributed by atoms with E-state index < -0.39 is 0 Å². The van der Waals surface area contributed by atoms with Crippen molar-refractivity contribution >= 4 is 6.29 Å². The number of hydrogen-bond donors (Lipinski definition) is 2. The van der Waals surface area contributed by atoms with Gasteiger partial charge in [-0.15, -0.1) is 0 Å². The van der Waals surface area contributed by atoms with Gasteiger partial charge in [-0.1, -0.05) is 0 Å². The Labute approximate surface area is 81.8 Å². The average Bonchev–Trinajstić information content (AvgIpc) is 2.19. The zero-order valence-corrected chi connectivity index (χ0v) is 8.07. The highest BCUT2D eigenvalue weighted by molar-refractivity contribution is 5.81. The van der Waals surface area contributed by atoms with E-state index in [2.05, 4.69) is 0 Å². The minimum atomic E-state index is -0.324. The Balaban J connectivity index is 3.46. The second-order valence-electron chi connectivity index (χ2n) is 2.90. The molecule has 0 radical (unpaired) electrons. The first-order valence-corrected chi connectivity index (χ1v) is 4.11. The van der Waals surface area contributed by atoms with E-state index in [0.717, 1.165) is 0 Å². The fourth-order valence-corrected chi connectivity index (χ4v) is 1.31. The number of methoxy groups -OCH3 is 1. The van der Waals surface area contributed by atoms with Crippen LogP contribution < -0.4 is 4.74 Å². The van der Waals surface area contributed by atoms with Crippen LogP contribution in [0.3, 0.4) is 0 Å². The van der Waals surface area contributed by atoms with Gasteiger partial charge in [-0.3, -0.25) is 4.79 Å². The molecule has 0 spiro atoms. The summed E-state index contributed by atoms with van der Waals surface area (Å²) >= 11 is 0. The monoisotopic (exact) mass is 196 g/mol. The number of hydrogen-bond acceptors (Lipinski definition) is 4. The third kappa shape index (κ3) is 1.56. The van der Waals surface area contributed by atoms with Crippen LogP contribution in [-0.4, -0.2) is 23.6 Å². The Morgan fingerprint density at radius 3 is 2.64 bits per heavy atom. The lowest BCUT2D eigenvalue weighted by atomic mass is 10.0. The first-order chi connectivity index (χ1) is 6.65. The molecule has 0 fully saturated rings. The number of carbonyl (C=O) groups excluding carboxylic acids is 1. The molecular formula is C10H12O4. The number of benzene rings is 1. The van der Waals surface area contributed by atoms with Crippen molar-refractivity contribution in [3.63, 3.8) is 0 Å². The van der Waals surface area contributed by atoms with E-state index in [4.69, 9.17) is 9.84 Å². The summed E-state index contributed by atoms with van der Waals surface area (Å²) in [6.45, 7) is 1.38.